The Balaban J connectivity index is 2.05. The van der Waals surface area contributed by atoms with Crippen LogP contribution >= 0.6 is 23.4 Å². The van der Waals surface area contributed by atoms with Gasteiger partial charge in [-0.1, -0.05) is 41.9 Å². The first-order valence-corrected chi connectivity index (χ1v) is 6.34. The molecule has 2 aromatic carbocycles. The minimum atomic E-state index is 0.703. The molecule has 0 heterocycles. The topological polar surface area (TPSA) is 26.0 Å². The second kappa shape index (κ2) is 5.28. The first-order chi connectivity index (χ1) is 7.75. The normalized spacial score (nSPS) is 10.3. The quantitative estimate of drug-likeness (QED) is 0.651. The van der Waals surface area contributed by atoms with Crippen LogP contribution in [0.2, 0.25) is 5.02 Å². The smallest absolute Gasteiger partial charge is 0.0562 e. The average molecular weight is 250 g/mol. The lowest BCUT2D eigenvalue weighted by atomic mass is 10.2. The summed E-state index contributed by atoms with van der Waals surface area (Å²) < 4.78 is 0. The number of thioether (sulfide) groups is 1. The van der Waals surface area contributed by atoms with Crippen LogP contribution in [0.15, 0.2) is 53.4 Å². The lowest BCUT2D eigenvalue weighted by Crippen LogP contribution is -1.85. The SMILES string of the molecule is Nc1ccc(SCc2ccccc2)c(Cl)c1. The molecule has 16 heavy (non-hydrogen) atoms. The molecule has 0 saturated heterocycles. The Hall–Kier alpha value is -1.12. The van der Waals surface area contributed by atoms with E-state index < -0.39 is 0 Å². The molecule has 0 bridgehead atoms. The molecule has 2 aromatic rings. The molecule has 2 N–H and O–H groups in total. The number of hydrogen-bond donors (Lipinski definition) is 1. The maximum absolute atomic E-state index is 6.09. The summed E-state index contributed by atoms with van der Waals surface area (Å²) in [4.78, 5) is 1.07. The third-order valence-corrected chi connectivity index (χ3v) is 3.76. The van der Waals surface area contributed by atoms with E-state index in [9.17, 15) is 0 Å². The zero-order valence-corrected chi connectivity index (χ0v) is 10.3. The summed E-state index contributed by atoms with van der Waals surface area (Å²) in [5, 5.41) is 0.723. The Morgan fingerprint density at radius 1 is 1.06 bits per heavy atom. The van der Waals surface area contributed by atoms with E-state index in [2.05, 4.69) is 12.1 Å². The molecule has 0 radical (unpaired) electrons. The van der Waals surface area contributed by atoms with Gasteiger partial charge in [0.05, 0.1) is 5.02 Å². The van der Waals surface area contributed by atoms with Crippen molar-refractivity contribution in [3.05, 3.63) is 59.1 Å². The molecule has 0 aliphatic carbocycles. The first-order valence-electron chi connectivity index (χ1n) is 4.97. The van der Waals surface area contributed by atoms with Crippen molar-refractivity contribution in [2.75, 3.05) is 5.73 Å². The van der Waals surface area contributed by atoms with Gasteiger partial charge in [-0.3, -0.25) is 0 Å². The summed E-state index contributed by atoms with van der Waals surface area (Å²) in [6, 6.07) is 15.9. The molecule has 0 aliphatic rings. The molecule has 0 aromatic heterocycles. The number of halogens is 1. The third kappa shape index (κ3) is 2.94. The summed E-state index contributed by atoms with van der Waals surface area (Å²) >= 11 is 7.82. The molecule has 0 fully saturated rings. The molecule has 0 spiro atoms. The predicted molar refractivity (Wildman–Crippen MR) is 71.9 cm³/mol. The summed E-state index contributed by atoms with van der Waals surface area (Å²) in [5.74, 6) is 0.921. The van der Waals surface area contributed by atoms with E-state index >= 15 is 0 Å². The van der Waals surface area contributed by atoms with Gasteiger partial charge in [0, 0.05) is 16.3 Å². The second-order valence-corrected chi connectivity index (χ2v) is 4.89. The molecule has 1 nitrogen and oxygen atoms in total. The summed E-state index contributed by atoms with van der Waals surface area (Å²) in [6.07, 6.45) is 0. The van der Waals surface area contributed by atoms with E-state index in [-0.39, 0.29) is 0 Å². The van der Waals surface area contributed by atoms with Gasteiger partial charge in [0.2, 0.25) is 0 Å². The van der Waals surface area contributed by atoms with E-state index in [4.69, 9.17) is 17.3 Å². The van der Waals surface area contributed by atoms with Crippen molar-refractivity contribution >= 4 is 29.1 Å². The number of nitrogen functional groups attached to an aromatic ring is 1. The molecule has 0 aliphatic heterocycles. The highest BCUT2D eigenvalue weighted by Crippen LogP contribution is 2.30. The van der Waals surface area contributed by atoms with E-state index in [1.165, 1.54) is 5.56 Å². The van der Waals surface area contributed by atoms with Gasteiger partial charge in [-0.25, -0.2) is 0 Å². The van der Waals surface area contributed by atoms with Gasteiger partial charge in [-0.05, 0) is 23.8 Å². The molecule has 0 amide bonds. The van der Waals surface area contributed by atoms with Crippen molar-refractivity contribution in [3.8, 4) is 0 Å². The lowest BCUT2D eigenvalue weighted by Gasteiger charge is -2.05. The van der Waals surface area contributed by atoms with Crippen molar-refractivity contribution in [1.82, 2.24) is 0 Å². The Morgan fingerprint density at radius 2 is 1.81 bits per heavy atom. The fourth-order valence-electron chi connectivity index (χ4n) is 1.37. The maximum Gasteiger partial charge on any atom is 0.0562 e. The molecule has 2 rings (SSSR count). The van der Waals surface area contributed by atoms with Crippen molar-refractivity contribution in [1.29, 1.82) is 0 Å². The van der Waals surface area contributed by atoms with Gasteiger partial charge >= 0.3 is 0 Å². The summed E-state index contributed by atoms with van der Waals surface area (Å²) in [6.45, 7) is 0. The minimum Gasteiger partial charge on any atom is -0.399 e. The number of hydrogen-bond acceptors (Lipinski definition) is 2. The van der Waals surface area contributed by atoms with Crippen molar-refractivity contribution in [2.24, 2.45) is 0 Å². The predicted octanol–water partition coefficient (Wildman–Crippen LogP) is 4.21. The number of anilines is 1. The largest absolute Gasteiger partial charge is 0.399 e. The van der Waals surface area contributed by atoms with Gasteiger partial charge in [0.25, 0.3) is 0 Å². The summed E-state index contributed by atoms with van der Waals surface area (Å²) in [7, 11) is 0. The van der Waals surface area contributed by atoms with Gasteiger partial charge < -0.3 is 5.73 Å². The van der Waals surface area contributed by atoms with E-state index in [1.807, 2.05) is 30.3 Å². The Bertz CT molecular complexity index is 471. The van der Waals surface area contributed by atoms with Gasteiger partial charge in [-0.2, -0.15) is 0 Å². The molecule has 3 heteroatoms. The highest BCUT2D eigenvalue weighted by Gasteiger charge is 2.01. The molecule has 0 atom stereocenters. The van der Waals surface area contributed by atoms with Gasteiger partial charge in [-0.15, -0.1) is 11.8 Å². The van der Waals surface area contributed by atoms with Crippen LogP contribution in [0.1, 0.15) is 5.56 Å². The van der Waals surface area contributed by atoms with E-state index in [0.29, 0.717) is 5.69 Å². The van der Waals surface area contributed by atoms with Crippen molar-refractivity contribution in [2.45, 2.75) is 10.6 Å². The Kier molecular flexibility index (Phi) is 3.75. The highest BCUT2D eigenvalue weighted by molar-refractivity contribution is 7.98. The monoisotopic (exact) mass is 249 g/mol. The molecule has 0 saturated carbocycles. The fraction of sp³-hybridized carbons (Fsp3) is 0.0769. The third-order valence-electron chi connectivity index (χ3n) is 2.19. The van der Waals surface area contributed by atoms with Crippen molar-refractivity contribution < 1.29 is 0 Å². The molecular weight excluding hydrogens is 238 g/mol. The van der Waals surface area contributed by atoms with Crippen LogP contribution in [0.25, 0.3) is 0 Å². The fourth-order valence-corrected chi connectivity index (χ4v) is 2.60. The van der Waals surface area contributed by atoms with Crippen LogP contribution in [0.3, 0.4) is 0 Å². The van der Waals surface area contributed by atoms with E-state index in [1.54, 1.807) is 17.8 Å². The van der Waals surface area contributed by atoms with Crippen LogP contribution in [0.4, 0.5) is 5.69 Å². The zero-order chi connectivity index (χ0) is 11.4. The van der Waals surface area contributed by atoms with Gasteiger partial charge in [0.15, 0.2) is 0 Å². The standard InChI is InChI=1S/C13H12ClNS/c14-12-8-11(15)6-7-13(12)16-9-10-4-2-1-3-5-10/h1-8H,9,15H2. The number of rotatable bonds is 3. The van der Waals surface area contributed by atoms with Gasteiger partial charge in [0.1, 0.15) is 0 Å². The molecule has 82 valence electrons. The van der Waals surface area contributed by atoms with Crippen LogP contribution in [0.5, 0.6) is 0 Å². The summed E-state index contributed by atoms with van der Waals surface area (Å²) in [5.41, 5.74) is 7.64. The van der Waals surface area contributed by atoms with Crippen LogP contribution in [0, 0.1) is 0 Å². The minimum absolute atomic E-state index is 0.703. The van der Waals surface area contributed by atoms with Crippen LogP contribution in [-0.2, 0) is 5.75 Å². The lowest BCUT2D eigenvalue weighted by molar-refractivity contribution is 1.38. The number of nitrogens with two attached hydrogens (primary N) is 1. The molecular formula is C13H12ClNS. The second-order valence-electron chi connectivity index (χ2n) is 3.46. The Morgan fingerprint density at radius 3 is 2.50 bits per heavy atom. The average Bonchev–Trinajstić information content (AvgIpc) is 2.29. The highest BCUT2D eigenvalue weighted by atomic mass is 35.5. The molecule has 0 unspecified atom stereocenters. The Labute approximate surface area is 105 Å². The zero-order valence-electron chi connectivity index (χ0n) is 8.69. The van der Waals surface area contributed by atoms with Crippen molar-refractivity contribution in [3.63, 3.8) is 0 Å². The van der Waals surface area contributed by atoms with Crippen LogP contribution in [-0.4, -0.2) is 0 Å². The van der Waals surface area contributed by atoms with E-state index in [0.717, 1.165) is 15.7 Å². The number of benzene rings is 2. The van der Waals surface area contributed by atoms with Crippen LogP contribution < -0.4 is 5.73 Å². The first kappa shape index (κ1) is 11.4. The maximum atomic E-state index is 6.09.